The summed E-state index contributed by atoms with van der Waals surface area (Å²) in [6, 6.07) is 7.80. The van der Waals surface area contributed by atoms with Crippen molar-refractivity contribution < 1.29 is 8.78 Å². The monoisotopic (exact) mass is 239 g/mol. The van der Waals surface area contributed by atoms with Crippen molar-refractivity contribution in [1.82, 2.24) is 0 Å². The third-order valence-electron chi connectivity index (χ3n) is 3.17. The molecule has 2 N–H and O–H groups in total. The number of alkyl halides is 2. The fourth-order valence-corrected chi connectivity index (χ4v) is 3.49. The Labute approximate surface area is 95.9 Å². The first-order chi connectivity index (χ1) is 7.50. The Hall–Kier alpha value is -1.00. The highest BCUT2D eigenvalue weighted by Gasteiger charge is 2.55. The zero-order chi connectivity index (χ0) is 11.4. The number of halogens is 2. The van der Waals surface area contributed by atoms with Crippen LogP contribution in [-0.2, 0) is 5.54 Å². The molecule has 16 heavy (non-hydrogen) atoms. The second-order valence-electron chi connectivity index (χ2n) is 4.51. The third-order valence-corrected chi connectivity index (χ3v) is 4.13. The first-order valence-electron chi connectivity index (χ1n) is 5.14. The maximum absolute atomic E-state index is 12.9. The van der Waals surface area contributed by atoms with E-state index in [4.69, 9.17) is 5.73 Å². The molecule has 2 aromatic rings. The van der Waals surface area contributed by atoms with E-state index in [0.717, 1.165) is 15.6 Å². The minimum Gasteiger partial charge on any atom is -0.321 e. The lowest BCUT2D eigenvalue weighted by Gasteiger charge is -2.44. The lowest BCUT2D eigenvalue weighted by atomic mass is 9.70. The fraction of sp³-hybridized carbons (Fsp3) is 0.333. The molecule has 0 atom stereocenters. The zero-order valence-electron chi connectivity index (χ0n) is 8.54. The van der Waals surface area contributed by atoms with Crippen molar-refractivity contribution in [3.05, 3.63) is 35.2 Å². The van der Waals surface area contributed by atoms with Crippen molar-refractivity contribution in [2.24, 2.45) is 5.73 Å². The van der Waals surface area contributed by atoms with Crippen molar-refractivity contribution in [3.63, 3.8) is 0 Å². The Morgan fingerprint density at radius 2 is 1.88 bits per heavy atom. The van der Waals surface area contributed by atoms with E-state index in [-0.39, 0.29) is 12.8 Å². The second kappa shape index (κ2) is 3.02. The Morgan fingerprint density at radius 1 is 1.19 bits per heavy atom. The molecule has 0 unspecified atom stereocenters. The molecule has 1 fully saturated rings. The molecule has 1 aromatic carbocycles. The van der Waals surface area contributed by atoms with Gasteiger partial charge in [-0.2, -0.15) is 0 Å². The number of benzene rings is 1. The summed E-state index contributed by atoms with van der Waals surface area (Å²) in [6.07, 6.45) is -0.471. The van der Waals surface area contributed by atoms with E-state index in [1.54, 1.807) is 11.3 Å². The number of hydrogen-bond acceptors (Lipinski definition) is 2. The summed E-state index contributed by atoms with van der Waals surface area (Å²) in [5.41, 5.74) is 6.08. The van der Waals surface area contributed by atoms with Gasteiger partial charge in [-0.25, -0.2) is 8.78 Å². The maximum atomic E-state index is 12.9. The van der Waals surface area contributed by atoms with Crippen LogP contribution in [0.1, 0.15) is 18.4 Å². The molecule has 84 valence electrons. The van der Waals surface area contributed by atoms with Gasteiger partial charge in [0.1, 0.15) is 0 Å². The minimum absolute atomic E-state index is 0.235. The summed E-state index contributed by atoms with van der Waals surface area (Å²) in [4.78, 5) is 0. The fourth-order valence-electron chi connectivity index (χ4n) is 2.43. The summed E-state index contributed by atoms with van der Waals surface area (Å²) in [5.74, 6) is -2.59. The van der Waals surface area contributed by atoms with Gasteiger partial charge in [0.2, 0.25) is 0 Å². The van der Waals surface area contributed by atoms with Crippen LogP contribution in [0.15, 0.2) is 29.6 Å². The molecule has 1 aliphatic rings. The Bertz CT molecular complexity index is 539. The Balaban J connectivity index is 2.08. The lowest BCUT2D eigenvalue weighted by Crippen LogP contribution is -2.55. The van der Waals surface area contributed by atoms with Crippen molar-refractivity contribution in [1.29, 1.82) is 0 Å². The minimum atomic E-state index is -2.59. The summed E-state index contributed by atoms with van der Waals surface area (Å²) in [5, 5.41) is 2.94. The number of hydrogen-bond donors (Lipinski definition) is 1. The van der Waals surface area contributed by atoms with Crippen LogP contribution in [0, 0.1) is 0 Å². The van der Waals surface area contributed by atoms with Crippen LogP contribution in [0.4, 0.5) is 8.78 Å². The second-order valence-corrected chi connectivity index (χ2v) is 5.42. The van der Waals surface area contributed by atoms with Crippen LogP contribution in [0.5, 0.6) is 0 Å². The van der Waals surface area contributed by atoms with E-state index in [9.17, 15) is 8.78 Å². The standard InChI is InChI=1S/C12H11F2NS/c13-12(14)6-11(15,7-12)9-5-16-10-4-2-1-3-8(9)10/h1-5H,6-7,15H2. The van der Waals surface area contributed by atoms with E-state index in [1.807, 2.05) is 29.6 Å². The average molecular weight is 239 g/mol. The zero-order valence-corrected chi connectivity index (χ0v) is 9.36. The summed E-state index contributed by atoms with van der Waals surface area (Å²) >= 11 is 1.57. The van der Waals surface area contributed by atoms with Gasteiger partial charge in [-0.15, -0.1) is 11.3 Å². The highest BCUT2D eigenvalue weighted by molar-refractivity contribution is 7.17. The Morgan fingerprint density at radius 3 is 2.56 bits per heavy atom. The van der Waals surface area contributed by atoms with Crippen molar-refractivity contribution in [3.8, 4) is 0 Å². The van der Waals surface area contributed by atoms with Crippen LogP contribution in [0.25, 0.3) is 10.1 Å². The van der Waals surface area contributed by atoms with Crippen LogP contribution >= 0.6 is 11.3 Å². The molecule has 0 bridgehead atoms. The van der Waals surface area contributed by atoms with Gasteiger partial charge < -0.3 is 5.73 Å². The van der Waals surface area contributed by atoms with Crippen molar-refractivity contribution >= 4 is 21.4 Å². The molecule has 1 aromatic heterocycles. The van der Waals surface area contributed by atoms with Crippen LogP contribution in [0.3, 0.4) is 0 Å². The van der Waals surface area contributed by atoms with Gasteiger partial charge >= 0.3 is 0 Å². The largest absolute Gasteiger partial charge is 0.321 e. The van der Waals surface area contributed by atoms with Crippen LogP contribution < -0.4 is 5.73 Å². The predicted octanol–water partition coefficient (Wildman–Crippen LogP) is 3.48. The van der Waals surface area contributed by atoms with E-state index < -0.39 is 11.5 Å². The molecule has 1 nitrogen and oxygen atoms in total. The smallest absolute Gasteiger partial charge is 0.252 e. The van der Waals surface area contributed by atoms with Gasteiger partial charge in [-0.05, 0) is 22.4 Å². The predicted molar refractivity (Wildman–Crippen MR) is 61.9 cm³/mol. The van der Waals surface area contributed by atoms with Gasteiger partial charge in [0.15, 0.2) is 0 Å². The first kappa shape index (κ1) is 10.2. The molecule has 3 rings (SSSR count). The van der Waals surface area contributed by atoms with Gasteiger partial charge in [0.05, 0.1) is 5.54 Å². The van der Waals surface area contributed by atoms with E-state index in [0.29, 0.717) is 0 Å². The number of thiophene rings is 1. The average Bonchev–Trinajstić information content (AvgIpc) is 2.58. The molecule has 0 amide bonds. The number of nitrogens with two attached hydrogens (primary N) is 1. The molecule has 1 heterocycles. The molecule has 1 saturated carbocycles. The van der Waals surface area contributed by atoms with E-state index >= 15 is 0 Å². The van der Waals surface area contributed by atoms with Gasteiger partial charge in [-0.1, -0.05) is 18.2 Å². The molecule has 0 spiro atoms. The van der Waals surface area contributed by atoms with Gasteiger partial charge in [-0.3, -0.25) is 0 Å². The molecule has 0 saturated heterocycles. The first-order valence-corrected chi connectivity index (χ1v) is 6.02. The lowest BCUT2D eigenvalue weighted by molar-refractivity contribution is -0.124. The number of rotatable bonds is 1. The molecule has 0 aliphatic heterocycles. The summed E-state index contributed by atoms with van der Waals surface area (Å²) < 4.78 is 27.0. The number of fused-ring (bicyclic) bond motifs is 1. The van der Waals surface area contributed by atoms with Crippen molar-refractivity contribution in [2.75, 3.05) is 0 Å². The summed E-state index contributed by atoms with van der Waals surface area (Å²) in [7, 11) is 0. The molecule has 4 heteroatoms. The van der Waals surface area contributed by atoms with Gasteiger partial charge in [0.25, 0.3) is 5.92 Å². The highest BCUT2D eigenvalue weighted by atomic mass is 32.1. The molecule has 0 radical (unpaired) electrons. The van der Waals surface area contributed by atoms with E-state index in [2.05, 4.69) is 0 Å². The quantitative estimate of drug-likeness (QED) is 0.810. The molecule has 1 aliphatic carbocycles. The normalized spacial score (nSPS) is 21.9. The van der Waals surface area contributed by atoms with E-state index in [1.165, 1.54) is 0 Å². The van der Waals surface area contributed by atoms with Crippen molar-refractivity contribution in [2.45, 2.75) is 24.3 Å². The third kappa shape index (κ3) is 1.37. The SMILES string of the molecule is NC1(c2csc3ccccc23)CC(F)(F)C1. The summed E-state index contributed by atoms with van der Waals surface area (Å²) in [6.45, 7) is 0. The highest BCUT2D eigenvalue weighted by Crippen LogP contribution is 2.52. The Kier molecular flexibility index (Phi) is 1.92. The van der Waals surface area contributed by atoms with Gasteiger partial charge in [0, 0.05) is 17.5 Å². The molecular weight excluding hydrogens is 228 g/mol. The maximum Gasteiger partial charge on any atom is 0.252 e. The topological polar surface area (TPSA) is 26.0 Å². The van der Waals surface area contributed by atoms with Crippen LogP contribution in [-0.4, -0.2) is 5.92 Å². The van der Waals surface area contributed by atoms with Crippen LogP contribution in [0.2, 0.25) is 0 Å². The molecular formula is C12H11F2NS.